The summed E-state index contributed by atoms with van der Waals surface area (Å²) in [6, 6.07) is 25.5. The average molecular weight is 1000 g/mol. The first-order valence-electron chi connectivity index (χ1n) is 20.9. The molecular weight excluding hydrogens is 942 g/mol. The Balaban J connectivity index is 1.52. The first-order chi connectivity index (χ1) is 25.8. The Kier molecular flexibility index (Phi) is 13.1. The summed E-state index contributed by atoms with van der Waals surface area (Å²) in [4.78, 5) is 21.4. The van der Waals surface area contributed by atoms with Gasteiger partial charge in [-0.1, -0.05) is 53.4 Å². The van der Waals surface area contributed by atoms with Crippen LogP contribution in [0, 0.1) is 11.8 Å². The fraction of sp³-hybridized carbons (Fsp3) is 0.458. The Labute approximate surface area is 350 Å². The maximum atomic E-state index is 2.62. The summed E-state index contributed by atoms with van der Waals surface area (Å²) in [6.07, 6.45) is 12.9. The van der Waals surface area contributed by atoms with Crippen LogP contribution in [0.3, 0.4) is 0 Å². The average Bonchev–Trinajstić information content (AvgIpc) is 3.95. The van der Waals surface area contributed by atoms with E-state index in [9.17, 15) is 0 Å². The Morgan fingerprint density at radius 1 is 0.481 bits per heavy atom. The number of benzene rings is 3. The second-order valence-corrected chi connectivity index (χ2v) is 53.5. The molecular formula is C48H62S4Sn2. The van der Waals surface area contributed by atoms with Gasteiger partial charge in [-0.15, -0.1) is 0 Å². The van der Waals surface area contributed by atoms with Crippen LogP contribution in [0.4, 0.5) is 0 Å². The molecule has 0 saturated heterocycles. The zero-order valence-corrected chi connectivity index (χ0v) is 43.6. The third-order valence-corrected chi connectivity index (χ3v) is 35.1. The standard InChI is InChI=1S/C42H44S4.6CH3.2Sn/c1-5-9-11-27(7-3)21-31-13-15-37(45-31)41-33-23-29-17-19-44-40(29)26-36(33)42(34-24-30-18-20-43-39(30)25-35(34)41)38-16-14-32(46-38)22-28(8-4)12-10-6-2;;;;;;;;/h13-18,23-28H,5-12,21-22H2,1-4H3;6*1H3;;. The predicted octanol–water partition coefficient (Wildman–Crippen LogP) is 16.5. The van der Waals surface area contributed by atoms with Gasteiger partial charge in [-0.05, 0) is 0 Å². The molecule has 0 aliphatic heterocycles. The van der Waals surface area contributed by atoms with Crippen molar-refractivity contribution < 1.29 is 0 Å². The van der Waals surface area contributed by atoms with Crippen molar-refractivity contribution in [3.8, 4) is 20.9 Å². The van der Waals surface area contributed by atoms with Gasteiger partial charge in [0.05, 0.1) is 0 Å². The molecule has 4 heterocycles. The molecule has 3 aromatic carbocycles. The third kappa shape index (κ3) is 8.74. The van der Waals surface area contributed by atoms with Crippen molar-refractivity contribution >= 4 is 130 Å². The van der Waals surface area contributed by atoms with Gasteiger partial charge in [0.15, 0.2) is 0 Å². The molecule has 0 aliphatic rings. The van der Waals surface area contributed by atoms with E-state index < -0.39 is 36.8 Å². The molecule has 0 bridgehead atoms. The molecule has 0 amide bonds. The van der Waals surface area contributed by atoms with Crippen LogP contribution in [-0.4, -0.2) is 36.8 Å². The summed E-state index contributed by atoms with van der Waals surface area (Å²) in [5.41, 5.74) is 2.93. The molecule has 0 saturated carbocycles. The Morgan fingerprint density at radius 3 is 1.22 bits per heavy atom. The van der Waals surface area contributed by atoms with Gasteiger partial charge in [0.1, 0.15) is 0 Å². The molecule has 54 heavy (non-hydrogen) atoms. The quantitative estimate of drug-likeness (QED) is 0.0668. The summed E-state index contributed by atoms with van der Waals surface area (Å²) in [7, 11) is 0. The van der Waals surface area contributed by atoms with E-state index in [4.69, 9.17) is 0 Å². The maximum absolute atomic E-state index is 2.62. The van der Waals surface area contributed by atoms with Crippen LogP contribution in [0.25, 0.3) is 62.6 Å². The number of unbranched alkanes of at least 4 members (excludes halogenated alkanes) is 2. The van der Waals surface area contributed by atoms with Crippen molar-refractivity contribution in [3.63, 3.8) is 0 Å². The van der Waals surface area contributed by atoms with E-state index in [1.165, 1.54) is 127 Å². The van der Waals surface area contributed by atoms with Crippen LogP contribution in [0.5, 0.6) is 0 Å². The van der Waals surface area contributed by atoms with E-state index in [2.05, 4.69) is 163 Å². The molecule has 0 N–H and O–H groups in total. The third-order valence-electron chi connectivity index (χ3n) is 11.8. The Morgan fingerprint density at radius 2 is 0.870 bits per heavy atom. The first-order valence-corrected chi connectivity index (χ1v) is 44.1. The van der Waals surface area contributed by atoms with E-state index in [1.54, 1.807) is 15.5 Å². The Bertz CT molecular complexity index is 2130. The van der Waals surface area contributed by atoms with Gasteiger partial charge >= 0.3 is 301 Å². The summed E-state index contributed by atoms with van der Waals surface area (Å²) < 4.78 is 6.28. The minimum absolute atomic E-state index is 0.773. The van der Waals surface area contributed by atoms with Gasteiger partial charge in [0.2, 0.25) is 0 Å². The van der Waals surface area contributed by atoms with E-state index in [0.717, 1.165) is 11.8 Å². The zero-order chi connectivity index (χ0) is 38.4. The summed E-state index contributed by atoms with van der Waals surface area (Å²) in [5.74, 6) is 1.55. The molecule has 2 unspecified atom stereocenters. The Hall–Kier alpha value is -0.903. The molecule has 286 valence electrons. The van der Waals surface area contributed by atoms with Crippen LogP contribution < -0.4 is 5.79 Å². The molecule has 0 aliphatic carbocycles. The number of rotatable bonds is 16. The molecule has 7 rings (SSSR count). The van der Waals surface area contributed by atoms with Crippen LogP contribution in [0.2, 0.25) is 29.6 Å². The van der Waals surface area contributed by atoms with Gasteiger partial charge in [-0.2, -0.15) is 0 Å². The minimum atomic E-state index is -2.28. The van der Waals surface area contributed by atoms with Crippen molar-refractivity contribution in [1.29, 1.82) is 0 Å². The van der Waals surface area contributed by atoms with Crippen molar-refractivity contribution in [2.75, 3.05) is 0 Å². The molecule has 0 spiro atoms. The number of fused-ring (bicyclic) bond motifs is 4. The number of hydrogen-bond donors (Lipinski definition) is 0. The zero-order valence-electron chi connectivity index (χ0n) is 34.6. The van der Waals surface area contributed by atoms with Gasteiger partial charge in [-0.25, -0.2) is 0 Å². The normalized spacial score (nSPS) is 14.0. The van der Waals surface area contributed by atoms with Crippen molar-refractivity contribution in [1.82, 2.24) is 0 Å². The summed E-state index contributed by atoms with van der Waals surface area (Å²) >= 11 is 3.78. The van der Waals surface area contributed by atoms with Crippen molar-refractivity contribution in [3.05, 3.63) is 70.4 Å². The molecule has 4 aromatic heterocycles. The van der Waals surface area contributed by atoms with Gasteiger partial charge in [0, 0.05) is 0 Å². The molecule has 0 radical (unpaired) electrons. The van der Waals surface area contributed by atoms with E-state index in [0.29, 0.717) is 0 Å². The SMILES string of the molecule is CCCCC(CC)Cc1ccc(-c2c3cc4c[c]([Sn]([CH3])([CH3])[CH3])sc4cc3c(-c3ccc(CC(CC)CCCC)s3)c3cc4c[c]([Sn]([CH3])([CH3])[CH3])sc4cc23)s1. The second kappa shape index (κ2) is 17.1. The van der Waals surface area contributed by atoms with Crippen molar-refractivity contribution in [2.24, 2.45) is 11.8 Å². The topological polar surface area (TPSA) is 0 Å². The molecule has 7 aromatic rings. The fourth-order valence-corrected chi connectivity index (χ4v) is 23.4. The summed E-state index contributed by atoms with van der Waals surface area (Å²) in [6.45, 7) is 9.45. The van der Waals surface area contributed by atoms with Crippen LogP contribution in [0.15, 0.2) is 60.7 Å². The van der Waals surface area contributed by atoms with Gasteiger partial charge in [-0.3, -0.25) is 0 Å². The first kappa shape index (κ1) is 41.3. The fourth-order valence-electron chi connectivity index (χ4n) is 8.26. The van der Waals surface area contributed by atoms with Crippen molar-refractivity contribution in [2.45, 2.75) is 122 Å². The number of thiophene rings is 4. The monoisotopic (exact) mass is 1010 g/mol. The molecule has 0 nitrogen and oxygen atoms in total. The van der Waals surface area contributed by atoms with Crippen LogP contribution in [0.1, 0.15) is 88.8 Å². The molecule has 0 fully saturated rings. The van der Waals surface area contributed by atoms with E-state index in [-0.39, 0.29) is 0 Å². The van der Waals surface area contributed by atoms with Gasteiger partial charge in [0.25, 0.3) is 0 Å². The predicted molar refractivity (Wildman–Crippen MR) is 259 cm³/mol. The molecule has 6 heteroatoms. The van der Waals surface area contributed by atoms with Crippen LogP contribution in [-0.2, 0) is 12.8 Å². The molecule has 2 atom stereocenters. The van der Waals surface area contributed by atoms with E-state index in [1.807, 2.05) is 0 Å². The van der Waals surface area contributed by atoms with E-state index >= 15 is 0 Å². The number of hydrogen-bond acceptors (Lipinski definition) is 4. The summed E-state index contributed by atoms with van der Waals surface area (Å²) in [5, 5.41) is 8.67. The van der Waals surface area contributed by atoms with Gasteiger partial charge < -0.3 is 0 Å². The van der Waals surface area contributed by atoms with Crippen LogP contribution >= 0.6 is 45.3 Å². The second-order valence-electron chi connectivity index (χ2n) is 18.1.